The van der Waals surface area contributed by atoms with Crippen molar-refractivity contribution in [3.05, 3.63) is 23.2 Å². The van der Waals surface area contributed by atoms with Crippen LogP contribution in [0.4, 0.5) is 4.79 Å². The average molecular weight is 254 g/mol. The second-order valence-corrected chi connectivity index (χ2v) is 4.45. The van der Waals surface area contributed by atoms with Gasteiger partial charge in [0.1, 0.15) is 17.1 Å². The van der Waals surface area contributed by atoms with Crippen LogP contribution in [-0.2, 0) is 6.54 Å². The molecule has 3 N–H and O–H groups in total. The summed E-state index contributed by atoms with van der Waals surface area (Å²) < 4.78 is 5.23. The van der Waals surface area contributed by atoms with Gasteiger partial charge < -0.3 is 20.2 Å². The minimum Gasteiger partial charge on any atom is -0.478 e. The second kappa shape index (κ2) is 6.09. The Morgan fingerprint density at radius 2 is 2.06 bits per heavy atom. The van der Waals surface area contributed by atoms with E-state index >= 15 is 0 Å². The van der Waals surface area contributed by atoms with Crippen LogP contribution < -0.4 is 10.6 Å². The predicted molar refractivity (Wildman–Crippen MR) is 65.5 cm³/mol. The summed E-state index contributed by atoms with van der Waals surface area (Å²) in [6, 6.07) is 1.12. The Labute approximate surface area is 105 Å². The fourth-order valence-electron chi connectivity index (χ4n) is 1.37. The molecule has 2 amide bonds. The molecule has 1 heterocycles. The molecule has 1 aromatic heterocycles. The molecule has 0 bridgehead atoms. The summed E-state index contributed by atoms with van der Waals surface area (Å²) in [5, 5.41) is 14.1. The molecule has 0 saturated heterocycles. The van der Waals surface area contributed by atoms with Crippen LogP contribution in [0.25, 0.3) is 0 Å². The number of furan rings is 1. The van der Waals surface area contributed by atoms with Gasteiger partial charge in [-0.2, -0.15) is 0 Å². The molecule has 18 heavy (non-hydrogen) atoms. The smallest absolute Gasteiger partial charge is 0.339 e. The third-order valence-electron chi connectivity index (χ3n) is 2.29. The van der Waals surface area contributed by atoms with Crippen LogP contribution in [0.3, 0.4) is 0 Å². The molecule has 1 aromatic rings. The highest BCUT2D eigenvalue weighted by Gasteiger charge is 2.13. The molecule has 0 unspecified atom stereocenters. The van der Waals surface area contributed by atoms with Gasteiger partial charge in [-0.15, -0.1) is 0 Å². The van der Waals surface area contributed by atoms with E-state index in [1.807, 2.05) is 13.8 Å². The molecular formula is C12H18N2O4. The number of rotatable bonds is 5. The monoisotopic (exact) mass is 254 g/mol. The highest BCUT2D eigenvalue weighted by atomic mass is 16.4. The molecule has 6 heteroatoms. The van der Waals surface area contributed by atoms with E-state index in [1.54, 1.807) is 6.92 Å². The molecule has 0 radical (unpaired) electrons. The van der Waals surface area contributed by atoms with E-state index in [-0.39, 0.29) is 18.1 Å². The number of carbonyl (C=O) groups is 2. The molecule has 0 fully saturated rings. The Morgan fingerprint density at radius 3 is 2.56 bits per heavy atom. The van der Waals surface area contributed by atoms with E-state index in [1.165, 1.54) is 6.07 Å². The second-order valence-electron chi connectivity index (χ2n) is 4.45. The van der Waals surface area contributed by atoms with Crippen molar-refractivity contribution in [2.75, 3.05) is 6.54 Å². The lowest BCUT2D eigenvalue weighted by molar-refractivity contribution is 0.0695. The summed E-state index contributed by atoms with van der Waals surface area (Å²) in [4.78, 5) is 22.2. The first-order valence-electron chi connectivity index (χ1n) is 5.74. The van der Waals surface area contributed by atoms with Crippen molar-refractivity contribution < 1.29 is 19.1 Å². The summed E-state index contributed by atoms with van der Waals surface area (Å²) in [6.07, 6.45) is 0. The number of hydrogen-bond donors (Lipinski definition) is 3. The van der Waals surface area contributed by atoms with Crippen molar-refractivity contribution in [3.8, 4) is 0 Å². The van der Waals surface area contributed by atoms with Crippen molar-refractivity contribution in [1.29, 1.82) is 0 Å². The number of carboxylic acid groups (broad SMARTS) is 1. The normalized spacial score (nSPS) is 10.4. The number of carbonyl (C=O) groups excluding carboxylic acids is 1. The topological polar surface area (TPSA) is 91.6 Å². The SMILES string of the molecule is Cc1oc(CNC(=O)NCC(C)C)cc1C(=O)O. The number of aromatic carboxylic acids is 1. The van der Waals surface area contributed by atoms with Crippen LogP contribution in [-0.4, -0.2) is 23.7 Å². The summed E-state index contributed by atoms with van der Waals surface area (Å²) in [5.41, 5.74) is 0.120. The van der Waals surface area contributed by atoms with Gasteiger partial charge in [0.2, 0.25) is 0 Å². The largest absolute Gasteiger partial charge is 0.478 e. The van der Waals surface area contributed by atoms with Gasteiger partial charge in [0.25, 0.3) is 0 Å². The molecular weight excluding hydrogens is 236 g/mol. The molecule has 0 atom stereocenters. The minimum atomic E-state index is -1.04. The number of urea groups is 1. The highest BCUT2D eigenvalue weighted by molar-refractivity contribution is 5.88. The molecule has 6 nitrogen and oxygen atoms in total. The third-order valence-corrected chi connectivity index (χ3v) is 2.29. The maximum Gasteiger partial charge on any atom is 0.339 e. The third kappa shape index (κ3) is 4.12. The van der Waals surface area contributed by atoms with Gasteiger partial charge in [-0.25, -0.2) is 9.59 Å². The van der Waals surface area contributed by atoms with Gasteiger partial charge in [0.15, 0.2) is 0 Å². The lowest BCUT2D eigenvalue weighted by Crippen LogP contribution is -2.36. The van der Waals surface area contributed by atoms with Crippen molar-refractivity contribution in [2.45, 2.75) is 27.3 Å². The van der Waals surface area contributed by atoms with Crippen molar-refractivity contribution >= 4 is 12.0 Å². The zero-order valence-corrected chi connectivity index (χ0v) is 10.7. The Hall–Kier alpha value is -1.98. The van der Waals surface area contributed by atoms with E-state index in [4.69, 9.17) is 9.52 Å². The zero-order chi connectivity index (χ0) is 13.7. The van der Waals surface area contributed by atoms with Gasteiger partial charge in [-0.05, 0) is 18.9 Å². The number of aryl methyl sites for hydroxylation is 1. The Balaban J connectivity index is 2.46. The fraction of sp³-hybridized carbons (Fsp3) is 0.500. The van der Waals surface area contributed by atoms with Crippen LogP contribution in [0.1, 0.15) is 35.7 Å². The lowest BCUT2D eigenvalue weighted by atomic mass is 10.2. The molecule has 0 aliphatic carbocycles. The summed E-state index contributed by atoms with van der Waals surface area (Å²) in [5.74, 6) is 0.0958. The van der Waals surface area contributed by atoms with Gasteiger partial charge in [-0.3, -0.25) is 0 Å². The van der Waals surface area contributed by atoms with Gasteiger partial charge in [0, 0.05) is 6.54 Å². The van der Waals surface area contributed by atoms with E-state index in [9.17, 15) is 9.59 Å². The summed E-state index contributed by atoms with van der Waals surface area (Å²) >= 11 is 0. The van der Waals surface area contributed by atoms with E-state index in [0.29, 0.717) is 24.0 Å². The van der Waals surface area contributed by atoms with E-state index in [0.717, 1.165) is 0 Å². The molecule has 100 valence electrons. The van der Waals surface area contributed by atoms with Crippen molar-refractivity contribution in [3.63, 3.8) is 0 Å². The van der Waals surface area contributed by atoms with Gasteiger partial charge >= 0.3 is 12.0 Å². The molecule has 0 aliphatic heterocycles. The lowest BCUT2D eigenvalue weighted by Gasteiger charge is -2.08. The van der Waals surface area contributed by atoms with Crippen molar-refractivity contribution in [1.82, 2.24) is 10.6 Å². The highest BCUT2D eigenvalue weighted by Crippen LogP contribution is 2.14. The first-order valence-corrected chi connectivity index (χ1v) is 5.74. The number of hydrogen-bond acceptors (Lipinski definition) is 3. The minimum absolute atomic E-state index is 0.120. The average Bonchev–Trinajstić information content (AvgIpc) is 2.65. The first-order chi connectivity index (χ1) is 8.40. The predicted octanol–water partition coefficient (Wildman–Crippen LogP) is 1.74. The standard InChI is InChI=1S/C12H18N2O4/c1-7(2)5-13-12(17)14-6-9-4-10(11(15)16)8(3)18-9/h4,7H,5-6H2,1-3H3,(H,15,16)(H2,13,14,17). The Morgan fingerprint density at radius 1 is 1.39 bits per heavy atom. The summed E-state index contributed by atoms with van der Waals surface area (Å²) in [7, 11) is 0. The van der Waals surface area contributed by atoms with Crippen LogP contribution in [0.2, 0.25) is 0 Å². The van der Waals surface area contributed by atoms with Crippen molar-refractivity contribution in [2.24, 2.45) is 5.92 Å². The molecule has 1 rings (SSSR count). The van der Waals surface area contributed by atoms with Gasteiger partial charge in [0.05, 0.1) is 6.54 Å². The Kier molecular flexibility index (Phi) is 4.76. The molecule has 0 aromatic carbocycles. The van der Waals surface area contributed by atoms with Crippen LogP contribution >= 0.6 is 0 Å². The van der Waals surface area contributed by atoms with Crippen LogP contribution in [0.15, 0.2) is 10.5 Å². The van der Waals surface area contributed by atoms with Crippen LogP contribution in [0.5, 0.6) is 0 Å². The van der Waals surface area contributed by atoms with E-state index in [2.05, 4.69) is 10.6 Å². The molecule has 0 aliphatic rings. The Bertz CT molecular complexity index is 437. The molecule has 0 saturated carbocycles. The maximum absolute atomic E-state index is 11.4. The first kappa shape index (κ1) is 14.1. The zero-order valence-electron chi connectivity index (χ0n) is 10.7. The maximum atomic E-state index is 11.4. The number of carboxylic acids is 1. The quantitative estimate of drug-likeness (QED) is 0.746. The number of amides is 2. The molecule has 0 spiro atoms. The number of nitrogens with one attached hydrogen (secondary N) is 2. The van der Waals surface area contributed by atoms with E-state index < -0.39 is 5.97 Å². The van der Waals surface area contributed by atoms with Crippen LogP contribution in [0, 0.1) is 12.8 Å². The fourth-order valence-corrected chi connectivity index (χ4v) is 1.37. The van der Waals surface area contributed by atoms with Gasteiger partial charge in [-0.1, -0.05) is 13.8 Å². The summed E-state index contributed by atoms with van der Waals surface area (Å²) in [6.45, 7) is 6.32.